The highest BCUT2D eigenvalue weighted by molar-refractivity contribution is 5.44. The number of rotatable bonds is 4. The minimum absolute atomic E-state index is 0.0855. The molecule has 0 amide bonds. The molecule has 0 radical (unpaired) electrons. The Morgan fingerprint density at radius 2 is 2.20 bits per heavy atom. The summed E-state index contributed by atoms with van der Waals surface area (Å²) in [6.45, 7) is 0.639. The third-order valence-electron chi connectivity index (χ3n) is 3.22. The molecule has 3 heteroatoms. The molecule has 1 aromatic rings. The maximum atomic E-state index is 13.5. The largest absolute Gasteiger partial charge is 0.493 e. The normalized spacial score (nSPS) is 17.5. The van der Waals surface area contributed by atoms with Gasteiger partial charge in [0.05, 0.1) is 7.11 Å². The maximum absolute atomic E-state index is 13.5. The molecule has 0 spiro atoms. The lowest BCUT2D eigenvalue weighted by molar-refractivity contribution is 0.374. The molecule has 1 aliphatic carbocycles. The van der Waals surface area contributed by atoms with Gasteiger partial charge in [0.25, 0.3) is 0 Å². The Labute approximate surface area is 89.2 Å². The summed E-state index contributed by atoms with van der Waals surface area (Å²) in [6, 6.07) is 5.12. The first-order valence-electron chi connectivity index (χ1n) is 5.26. The van der Waals surface area contributed by atoms with Crippen molar-refractivity contribution in [1.29, 1.82) is 0 Å². The lowest BCUT2D eigenvalue weighted by Gasteiger charge is -2.18. The van der Waals surface area contributed by atoms with Crippen LogP contribution in [0.3, 0.4) is 0 Å². The predicted octanol–water partition coefficient (Wildman–Crippen LogP) is 2.21. The van der Waals surface area contributed by atoms with Crippen molar-refractivity contribution < 1.29 is 9.13 Å². The SMILES string of the molecule is COc1c(F)cccc1C1(CCN)CC1. The van der Waals surface area contributed by atoms with Crippen molar-refractivity contribution in [3.63, 3.8) is 0 Å². The Kier molecular flexibility index (Phi) is 2.65. The summed E-state index contributed by atoms with van der Waals surface area (Å²) < 4.78 is 18.6. The second-order valence-electron chi connectivity index (χ2n) is 4.14. The van der Waals surface area contributed by atoms with Crippen molar-refractivity contribution in [1.82, 2.24) is 0 Å². The van der Waals surface area contributed by atoms with Crippen LogP contribution in [0.5, 0.6) is 5.75 Å². The molecule has 2 nitrogen and oxygen atoms in total. The summed E-state index contributed by atoms with van der Waals surface area (Å²) in [4.78, 5) is 0. The van der Waals surface area contributed by atoms with Gasteiger partial charge >= 0.3 is 0 Å². The lowest BCUT2D eigenvalue weighted by Crippen LogP contribution is -2.15. The van der Waals surface area contributed by atoms with Crippen LogP contribution < -0.4 is 10.5 Å². The summed E-state index contributed by atoms with van der Waals surface area (Å²) in [6.07, 6.45) is 3.08. The Hall–Kier alpha value is -1.09. The fourth-order valence-corrected chi connectivity index (χ4v) is 2.22. The summed E-state index contributed by atoms with van der Waals surface area (Å²) in [5.74, 6) is 0.113. The summed E-state index contributed by atoms with van der Waals surface area (Å²) >= 11 is 0. The summed E-state index contributed by atoms with van der Waals surface area (Å²) in [7, 11) is 1.51. The molecule has 0 unspecified atom stereocenters. The number of hydrogen-bond donors (Lipinski definition) is 1. The van der Waals surface area contributed by atoms with E-state index < -0.39 is 0 Å². The monoisotopic (exact) mass is 209 g/mol. The molecular formula is C12H16FNO. The highest BCUT2D eigenvalue weighted by Gasteiger charge is 2.45. The van der Waals surface area contributed by atoms with Crippen molar-refractivity contribution in [2.24, 2.45) is 5.73 Å². The topological polar surface area (TPSA) is 35.2 Å². The first-order chi connectivity index (χ1) is 7.23. The third kappa shape index (κ3) is 1.72. The number of hydrogen-bond acceptors (Lipinski definition) is 2. The van der Waals surface area contributed by atoms with Gasteiger partial charge in [0.15, 0.2) is 11.6 Å². The molecule has 1 saturated carbocycles. The minimum atomic E-state index is -0.279. The van der Waals surface area contributed by atoms with Gasteiger partial charge in [-0.15, -0.1) is 0 Å². The third-order valence-corrected chi connectivity index (χ3v) is 3.22. The molecular weight excluding hydrogens is 193 g/mol. The number of benzene rings is 1. The summed E-state index contributed by atoms with van der Waals surface area (Å²) in [5.41, 5.74) is 6.65. The Balaban J connectivity index is 2.39. The molecule has 0 saturated heterocycles. The lowest BCUT2D eigenvalue weighted by atomic mass is 9.91. The van der Waals surface area contributed by atoms with E-state index in [-0.39, 0.29) is 11.2 Å². The fourth-order valence-electron chi connectivity index (χ4n) is 2.22. The molecule has 0 aliphatic heterocycles. The van der Waals surface area contributed by atoms with E-state index in [1.165, 1.54) is 13.2 Å². The van der Waals surface area contributed by atoms with E-state index in [0.29, 0.717) is 12.3 Å². The van der Waals surface area contributed by atoms with Crippen molar-refractivity contribution in [2.75, 3.05) is 13.7 Å². The van der Waals surface area contributed by atoms with Crippen LogP contribution in [0.25, 0.3) is 0 Å². The van der Waals surface area contributed by atoms with E-state index in [1.807, 2.05) is 6.07 Å². The Bertz CT molecular complexity index is 361. The van der Waals surface area contributed by atoms with E-state index in [4.69, 9.17) is 10.5 Å². The molecule has 1 aliphatic rings. The zero-order valence-electron chi connectivity index (χ0n) is 8.92. The van der Waals surface area contributed by atoms with Crippen molar-refractivity contribution in [3.05, 3.63) is 29.6 Å². The van der Waals surface area contributed by atoms with Crippen LogP contribution >= 0.6 is 0 Å². The molecule has 0 bridgehead atoms. The number of methoxy groups -OCH3 is 1. The first-order valence-corrected chi connectivity index (χ1v) is 5.26. The quantitative estimate of drug-likeness (QED) is 0.825. The van der Waals surface area contributed by atoms with Crippen LogP contribution in [0.1, 0.15) is 24.8 Å². The van der Waals surface area contributed by atoms with Gasteiger partial charge in [-0.3, -0.25) is 0 Å². The van der Waals surface area contributed by atoms with E-state index in [2.05, 4.69) is 0 Å². The number of nitrogens with two attached hydrogens (primary N) is 1. The maximum Gasteiger partial charge on any atom is 0.165 e. The Morgan fingerprint density at radius 1 is 1.47 bits per heavy atom. The van der Waals surface area contributed by atoms with E-state index in [0.717, 1.165) is 24.8 Å². The zero-order chi connectivity index (χ0) is 10.9. The molecule has 0 atom stereocenters. The van der Waals surface area contributed by atoms with Gasteiger partial charge in [-0.25, -0.2) is 4.39 Å². The average Bonchev–Trinajstić information content (AvgIpc) is 2.99. The van der Waals surface area contributed by atoms with Gasteiger partial charge in [0.1, 0.15) is 0 Å². The minimum Gasteiger partial charge on any atom is -0.493 e. The van der Waals surface area contributed by atoms with Crippen LogP contribution in [-0.4, -0.2) is 13.7 Å². The average molecular weight is 209 g/mol. The fraction of sp³-hybridized carbons (Fsp3) is 0.500. The highest BCUT2D eigenvalue weighted by Crippen LogP contribution is 2.53. The van der Waals surface area contributed by atoms with Crippen LogP contribution in [0.2, 0.25) is 0 Å². The molecule has 1 aromatic carbocycles. The van der Waals surface area contributed by atoms with Gasteiger partial charge in [0, 0.05) is 11.0 Å². The molecule has 82 valence electrons. The molecule has 2 rings (SSSR count). The Morgan fingerprint density at radius 3 is 2.73 bits per heavy atom. The van der Waals surface area contributed by atoms with Crippen LogP contribution in [0, 0.1) is 5.82 Å². The number of para-hydroxylation sites is 1. The van der Waals surface area contributed by atoms with Gasteiger partial charge in [-0.05, 0) is 31.9 Å². The van der Waals surface area contributed by atoms with E-state index in [1.54, 1.807) is 6.07 Å². The smallest absolute Gasteiger partial charge is 0.165 e. The van der Waals surface area contributed by atoms with Crippen molar-refractivity contribution in [2.45, 2.75) is 24.7 Å². The van der Waals surface area contributed by atoms with Crippen molar-refractivity contribution >= 4 is 0 Å². The zero-order valence-corrected chi connectivity index (χ0v) is 8.92. The second-order valence-corrected chi connectivity index (χ2v) is 4.14. The van der Waals surface area contributed by atoms with Crippen LogP contribution in [0.4, 0.5) is 4.39 Å². The van der Waals surface area contributed by atoms with Crippen LogP contribution in [-0.2, 0) is 5.41 Å². The standard InChI is InChI=1S/C12H16FNO/c1-15-11-9(3-2-4-10(11)13)12(5-6-12)7-8-14/h2-4H,5-8,14H2,1H3. The first kappa shape index (κ1) is 10.4. The van der Waals surface area contributed by atoms with Crippen LogP contribution in [0.15, 0.2) is 18.2 Å². The van der Waals surface area contributed by atoms with Gasteiger partial charge in [0.2, 0.25) is 0 Å². The predicted molar refractivity (Wildman–Crippen MR) is 57.5 cm³/mol. The van der Waals surface area contributed by atoms with Gasteiger partial charge < -0.3 is 10.5 Å². The highest BCUT2D eigenvalue weighted by atomic mass is 19.1. The molecule has 0 aromatic heterocycles. The molecule has 1 fully saturated rings. The number of ether oxygens (including phenoxy) is 1. The summed E-state index contributed by atoms with van der Waals surface area (Å²) in [5, 5.41) is 0. The second kappa shape index (κ2) is 3.81. The van der Waals surface area contributed by atoms with Gasteiger partial charge in [-0.1, -0.05) is 12.1 Å². The molecule has 15 heavy (non-hydrogen) atoms. The van der Waals surface area contributed by atoms with E-state index >= 15 is 0 Å². The number of halogens is 1. The van der Waals surface area contributed by atoms with Gasteiger partial charge in [-0.2, -0.15) is 0 Å². The molecule has 0 heterocycles. The molecule has 2 N–H and O–H groups in total. The van der Waals surface area contributed by atoms with Crippen molar-refractivity contribution in [3.8, 4) is 5.75 Å². The van der Waals surface area contributed by atoms with E-state index in [9.17, 15) is 4.39 Å².